The number of nitrogens with zero attached hydrogens (tertiary/aromatic N) is 5. The highest BCUT2D eigenvalue weighted by molar-refractivity contribution is 5.89. The second kappa shape index (κ2) is 11.7. The van der Waals surface area contributed by atoms with Crippen LogP contribution in [0.4, 0.5) is 16.3 Å². The maximum atomic E-state index is 12.5. The maximum Gasteiger partial charge on any atom is 0.319 e. The maximum absolute atomic E-state index is 12.5. The van der Waals surface area contributed by atoms with Crippen molar-refractivity contribution in [3.8, 4) is 5.75 Å². The average molecular weight is 464 g/mol. The molecule has 0 atom stereocenters. The Morgan fingerprint density at radius 2 is 1.88 bits per heavy atom. The predicted molar refractivity (Wildman–Crippen MR) is 129 cm³/mol. The number of carbonyl (C=O) groups is 2. The van der Waals surface area contributed by atoms with Crippen LogP contribution >= 0.6 is 0 Å². The lowest BCUT2D eigenvalue weighted by Gasteiger charge is -2.35. The molecule has 2 N–H and O–H groups in total. The summed E-state index contributed by atoms with van der Waals surface area (Å²) in [5, 5.41) is 9.65. The molecule has 1 aliphatic rings. The second-order valence-electron chi connectivity index (χ2n) is 7.83. The van der Waals surface area contributed by atoms with Crippen LogP contribution < -0.4 is 20.3 Å². The van der Waals surface area contributed by atoms with Crippen LogP contribution in [0.1, 0.15) is 6.42 Å². The van der Waals surface area contributed by atoms with E-state index in [-0.39, 0.29) is 24.9 Å². The van der Waals surface area contributed by atoms with E-state index in [1.54, 1.807) is 29.2 Å². The van der Waals surface area contributed by atoms with Crippen molar-refractivity contribution in [1.29, 1.82) is 0 Å². The summed E-state index contributed by atoms with van der Waals surface area (Å²) in [4.78, 5) is 33.1. The Kier molecular flexibility index (Phi) is 7.94. The Morgan fingerprint density at radius 3 is 2.65 bits per heavy atom. The molecule has 3 aromatic rings. The number of piperazine rings is 1. The van der Waals surface area contributed by atoms with Crippen molar-refractivity contribution < 1.29 is 14.3 Å². The largest absolute Gasteiger partial charge is 0.492 e. The molecule has 2 aromatic heterocycles. The van der Waals surface area contributed by atoms with E-state index in [2.05, 4.69) is 25.6 Å². The van der Waals surface area contributed by atoms with E-state index in [4.69, 9.17) is 4.74 Å². The fourth-order valence-electron chi connectivity index (χ4n) is 3.70. The molecule has 0 bridgehead atoms. The molecule has 10 heteroatoms. The zero-order valence-corrected chi connectivity index (χ0v) is 19.0. The zero-order chi connectivity index (χ0) is 23.6. The summed E-state index contributed by atoms with van der Waals surface area (Å²) < 4.78 is 7.52. The van der Waals surface area contributed by atoms with Crippen LogP contribution in [0.5, 0.6) is 5.75 Å². The van der Waals surface area contributed by atoms with E-state index in [0.717, 1.165) is 18.9 Å². The lowest BCUT2D eigenvalue weighted by Crippen LogP contribution is -2.49. The number of hydrogen-bond acceptors (Lipinski definition) is 6. The van der Waals surface area contributed by atoms with E-state index in [1.807, 2.05) is 47.5 Å². The molecule has 0 aliphatic carbocycles. The Morgan fingerprint density at radius 1 is 1.00 bits per heavy atom. The van der Waals surface area contributed by atoms with Gasteiger partial charge in [0, 0.05) is 69.5 Å². The molecule has 3 amide bonds. The second-order valence-corrected chi connectivity index (χ2v) is 7.83. The van der Waals surface area contributed by atoms with Gasteiger partial charge < -0.3 is 25.2 Å². The first kappa shape index (κ1) is 23.1. The van der Waals surface area contributed by atoms with Crippen LogP contribution in [0.15, 0.2) is 67.1 Å². The molecule has 34 heavy (non-hydrogen) atoms. The van der Waals surface area contributed by atoms with Gasteiger partial charge in [-0.05, 0) is 30.3 Å². The number of nitrogens with one attached hydrogen (secondary N) is 2. The number of amides is 3. The van der Waals surface area contributed by atoms with Gasteiger partial charge in [0.15, 0.2) is 0 Å². The summed E-state index contributed by atoms with van der Waals surface area (Å²) in [7, 11) is 0. The highest BCUT2D eigenvalue weighted by Crippen LogP contribution is 2.17. The first-order chi connectivity index (χ1) is 16.7. The van der Waals surface area contributed by atoms with Crippen molar-refractivity contribution in [3.05, 3.63) is 67.1 Å². The molecule has 1 aliphatic heterocycles. The Labute approximate surface area is 198 Å². The van der Waals surface area contributed by atoms with Gasteiger partial charge in [0.25, 0.3) is 0 Å². The number of pyridine rings is 1. The van der Waals surface area contributed by atoms with Crippen molar-refractivity contribution in [2.45, 2.75) is 13.0 Å². The van der Waals surface area contributed by atoms with Crippen LogP contribution in [0.3, 0.4) is 0 Å². The fraction of sp³-hybridized carbons (Fsp3) is 0.333. The van der Waals surface area contributed by atoms with Gasteiger partial charge in [-0.3, -0.25) is 9.48 Å². The summed E-state index contributed by atoms with van der Waals surface area (Å²) in [5.41, 5.74) is 0.617. The number of aromatic nitrogens is 3. The first-order valence-corrected chi connectivity index (χ1v) is 11.4. The lowest BCUT2D eigenvalue weighted by molar-refractivity contribution is -0.131. The molecule has 10 nitrogen and oxygen atoms in total. The molecule has 3 heterocycles. The minimum absolute atomic E-state index is 0.0357. The third-order valence-corrected chi connectivity index (χ3v) is 5.47. The first-order valence-electron chi connectivity index (χ1n) is 11.4. The summed E-state index contributed by atoms with van der Waals surface area (Å²) in [6.45, 7) is 4.16. The number of carbonyl (C=O) groups excluding carboxylic acids is 2. The number of urea groups is 1. The number of ether oxygens (including phenoxy) is 1. The van der Waals surface area contributed by atoms with Crippen LogP contribution in [0.2, 0.25) is 0 Å². The van der Waals surface area contributed by atoms with E-state index in [9.17, 15) is 9.59 Å². The lowest BCUT2D eigenvalue weighted by atomic mass is 10.2. The van der Waals surface area contributed by atoms with Crippen molar-refractivity contribution in [2.75, 3.05) is 49.5 Å². The summed E-state index contributed by atoms with van der Waals surface area (Å²) in [5.74, 6) is 1.62. The third kappa shape index (κ3) is 6.71. The third-order valence-electron chi connectivity index (χ3n) is 5.47. The number of hydrogen-bond donors (Lipinski definition) is 2. The van der Waals surface area contributed by atoms with E-state index < -0.39 is 0 Å². The van der Waals surface area contributed by atoms with Gasteiger partial charge in [0.2, 0.25) is 5.91 Å². The highest BCUT2D eigenvalue weighted by atomic mass is 16.5. The topological polar surface area (TPSA) is 105 Å². The molecule has 1 aromatic carbocycles. The molecule has 1 saturated heterocycles. The molecule has 0 unspecified atom stereocenters. The summed E-state index contributed by atoms with van der Waals surface area (Å²) >= 11 is 0. The minimum Gasteiger partial charge on any atom is -0.492 e. The van der Waals surface area contributed by atoms with Crippen LogP contribution in [0, 0.1) is 0 Å². The molecular weight excluding hydrogens is 434 g/mol. The Balaban J connectivity index is 1.14. The predicted octanol–water partition coefficient (Wildman–Crippen LogP) is 2.22. The van der Waals surface area contributed by atoms with Crippen LogP contribution in [-0.2, 0) is 11.3 Å². The quantitative estimate of drug-likeness (QED) is 0.504. The molecule has 178 valence electrons. The van der Waals surface area contributed by atoms with E-state index in [0.29, 0.717) is 37.7 Å². The van der Waals surface area contributed by atoms with Gasteiger partial charge in [-0.15, -0.1) is 0 Å². The number of benzene rings is 1. The zero-order valence-electron chi connectivity index (χ0n) is 19.0. The van der Waals surface area contributed by atoms with Crippen LogP contribution in [0.25, 0.3) is 0 Å². The number of anilines is 2. The standard InChI is InChI=1S/C24H29N7O3/c32-23(30-15-13-29(14-16-30)22-7-1-2-9-25-22)8-11-26-24(33)28-20-5-3-6-21(19-20)34-18-17-31-12-4-10-27-31/h1-7,9-10,12,19H,8,11,13-18H2,(H2,26,28,33). The van der Waals surface area contributed by atoms with E-state index >= 15 is 0 Å². The molecule has 1 fully saturated rings. The van der Waals surface area contributed by atoms with Crippen molar-refractivity contribution in [3.63, 3.8) is 0 Å². The molecule has 4 rings (SSSR count). The van der Waals surface area contributed by atoms with Crippen LogP contribution in [-0.4, -0.2) is 70.9 Å². The monoisotopic (exact) mass is 463 g/mol. The molecule has 0 spiro atoms. The highest BCUT2D eigenvalue weighted by Gasteiger charge is 2.21. The van der Waals surface area contributed by atoms with Gasteiger partial charge >= 0.3 is 6.03 Å². The SMILES string of the molecule is O=C(NCCC(=O)N1CCN(c2ccccn2)CC1)Nc1cccc(OCCn2cccn2)c1. The normalized spacial score (nSPS) is 13.4. The van der Waals surface area contributed by atoms with Crippen molar-refractivity contribution in [2.24, 2.45) is 0 Å². The van der Waals surface area contributed by atoms with Gasteiger partial charge in [0.1, 0.15) is 18.2 Å². The average Bonchev–Trinajstić information content (AvgIpc) is 3.38. The smallest absolute Gasteiger partial charge is 0.319 e. The molecule has 0 radical (unpaired) electrons. The van der Waals surface area contributed by atoms with Gasteiger partial charge in [0.05, 0.1) is 6.54 Å². The van der Waals surface area contributed by atoms with Gasteiger partial charge in [-0.25, -0.2) is 9.78 Å². The minimum atomic E-state index is -0.360. The van der Waals surface area contributed by atoms with Crippen molar-refractivity contribution in [1.82, 2.24) is 25.0 Å². The Hall–Kier alpha value is -4.08. The molecular formula is C24H29N7O3. The van der Waals surface area contributed by atoms with Gasteiger partial charge in [-0.2, -0.15) is 5.10 Å². The molecule has 0 saturated carbocycles. The van der Waals surface area contributed by atoms with E-state index in [1.165, 1.54) is 0 Å². The fourth-order valence-corrected chi connectivity index (χ4v) is 3.70. The number of rotatable bonds is 9. The summed E-state index contributed by atoms with van der Waals surface area (Å²) in [6, 6.07) is 14.5. The Bertz CT molecular complexity index is 1050. The van der Waals surface area contributed by atoms with Gasteiger partial charge in [-0.1, -0.05) is 12.1 Å². The summed E-state index contributed by atoms with van der Waals surface area (Å²) in [6.07, 6.45) is 5.63. The van der Waals surface area contributed by atoms with Crippen molar-refractivity contribution >= 4 is 23.4 Å².